The van der Waals surface area contributed by atoms with Gasteiger partial charge in [0.1, 0.15) is 12.6 Å². The molecule has 1 saturated heterocycles. The van der Waals surface area contributed by atoms with Gasteiger partial charge in [0.15, 0.2) is 0 Å². The zero-order valence-electron chi connectivity index (χ0n) is 16.3. The first-order valence-electron chi connectivity index (χ1n) is 9.46. The standard InChI is InChI=1S/C22H22N4O3/c1-13-7-8-17(14(2)9-13)24-20(27)12-26-21(28)19(25-22(26)29)10-15-11-23-18-6-4-3-5-16(15)18/h3-9,11,19,23H,10,12H2,1-2H3,(H,24,27)(H,25,29)/t19-/m1/s1. The minimum atomic E-state index is -0.685. The lowest BCUT2D eigenvalue weighted by molar-refractivity contribution is -0.130. The van der Waals surface area contributed by atoms with Crippen molar-refractivity contribution < 1.29 is 14.4 Å². The molecule has 0 unspecified atom stereocenters. The molecule has 1 aromatic heterocycles. The number of nitrogens with zero attached hydrogens (tertiary/aromatic N) is 1. The van der Waals surface area contributed by atoms with Gasteiger partial charge in [-0.1, -0.05) is 35.9 Å². The predicted octanol–water partition coefficient (Wildman–Crippen LogP) is 2.89. The SMILES string of the molecule is Cc1ccc(NC(=O)CN2C(=O)N[C@H](Cc3c[nH]c4ccccc34)C2=O)c(C)c1. The molecule has 1 aliphatic rings. The molecule has 0 radical (unpaired) electrons. The van der Waals surface area contributed by atoms with Crippen molar-refractivity contribution in [2.45, 2.75) is 26.3 Å². The van der Waals surface area contributed by atoms with Gasteiger partial charge in [-0.05, 0) is 37.1 Å². The van der Waals surface area contributed by atoms with Gasteiger partial charge in [-0.3, -0.25) is 14.5 Å². The van der Waals surface area contributed by atoms with Crippen molar-refractivity contribution in [1.29, 1.82) is 0 Å². The van der Waals surface area contributed by atoms with E-state index in [2.05, 4.69) is 15.6 Å². The van der Waals surface area contributed by atoms with E-state index in [0.29, 0.717) is 12.1 Å². The summed E-state index contributed by atoms with van der Waals surface area (Å²) in [6, 6.07) is 12.2. The first kappa shape index (κ1) is 18.7. The molecule has 1 aliphatic heterocycles. The third-order valence-corrected chi connectivity index (χ3v) is 5.16. The molecule has 0 saturated carbocycles. The summed E-state index contributed by atoms with van der Waals surface area (Å²) < 4.78 is 0. The molecule has 1 fully saturated rings. The third kappa shape index (κ3) is 3.71. The number of aromatic nitrogens is 1. The number of aryl methyl sites for hydroxylation is 2. The summed E-state index contributed by atoms with van der Waals surface area (Å²) in [7, 11) is 0. The van der Waals surface area contributed by atoms with Crippen LogP contribution in [-0.2, 0) is 16.0 Å². The maximum atomic E-state index is 12.7. The Balaban J connectivity index is 1.43. The molecule has 7 nitrogen and oxygen atoms in total. The average Bonchev–Trinajstić information content (AvgIpc) is 3.21. The predicted molar refractivity (Wildman–Crippen MR) is 111 cm³/mol. The number of amides is 4. The highest BCUT2D eigenvalue weighted by Gasteiger charge is 2.39. The normalized spacial score (nSPS) is 16.3. The van der Waals surface area contributed by atoms with E-state index in [9.17, 15) is 14.4 Å². The van der Waals surface area contributed by atoms with Crippen LogP contribution in [0.4, 0.5) is 10.5 Å². The zero-order valence-corrected chi connectivity index (χ0v) is 16.3. The molecule has 2 aromatic carbocycles. The monoisotopic (exact) mass is 390 g/mol. The fourth-order valence-electron chi connectivity index (χ4n) is 3.67. The maximum Gasteiger partial charge on any atom is 0.325 e. The Bertz CT molecular complexity index is 1120. The molecule has 0 aliphatic carbocycles. The van der Waals surface area contributed by atoms with E-state index in [4.69, 9.17) is 0 Å². The number of hydrogen-bond donors (Lipinski definition) is 3. The van der Waals surface area contributed by atoms with Crippen molar-refractivity contribution in [3.05, 3.63) is 65.4 Å². The van der Waals surface area contributed by atoms with E-state index in [1.165, 1.54) is 0 Å². The van der Waals surface area contributed by atoms with Gasteiger partial charge in [-0.2, -0.15) is 0 Å². The van der Waals surface area contributed by atoms with E-state index < -0.39 is 23.9 Å². The van der Waals surface area contributed by atoms with E-state index in [1.54, 1.807) is 0 Å². The first-order chi connectivity index (χ1) is 13.9. The zero-order chi connectivity index (χ0) is 20.5. The second kappa shape index (κ2) is 7.43. The Morgan fingerprint density at radius 2 is 1.93 bits per heavy atom. The van der Waals surface area contributed by atoms with Crippen molar-refractivity contribution in [2.75, 3.05) is 11.9 Å². The molecule has 2 heterocycles. The number of urea groups is 1. The Morgan fingerprint density at radius 1 is 1.14 bits per heavy atom. The first-order valence-corrected chi connectivity index (χ1v) is 9.46. The van der Waals surface area contributed by atoms with Crippen LogP contribution in [0, 0.1) is 13.8 Å². The van der Waals surface area contributed by atoms with Crippen LogP contribution in [0.1, 0.15) is 16.7 Å². The molecule has 4 amide bonds. The number of nitrogens with one attached hydrogen (secondary N) is 3. The summed E-state index contributed by atoms with van der Waals surface area (Å²) in [6.45, 7) is 3.55. The highest BCUT2D eigenvalue weighted by atomic mass is 16.2. The molecule has 0 spiro atoms. The fraction of sp³-hybridized carbons (Fsp3) is 0.227. The molecule has 1 atom stereocenters. The number of aromatic amines is 1. The maximum absolute atomic E-state index is 12.7. The fourth-order valence-corrected chi connectivity index (χ4v) is 3.67. The summed E-state index contributed by atoms with van der Waals surface area (Å²) in [6.07, 6.45) is 2.21. The number of H-pyrrole nitrogens is 1. The lowest BCUT2D eigenvalue weighted by atomic mass is 10.1. The molecule has 148 valence electrons. The van der Waals surface area contributed by atoms with Gasteiger partial charge in [-0.15, -0.1) is 0 Å². The van der Waals surface area contributed by atoms with Crippen LogP contribution >= 0.6 is 0 Å². The molecule has 4 rings (SSSR count). The van der Waals surface area contributed by atoms with Crippen LogP contribution in [0.2, 0.25) is 0 Å². The van der Waals surface area contributed by atoms with Gasteiger partial charge < -0.3 is 15.6 Å². The number of carbonyl (C=O) groups excluding carboxylic acids is 3. The van der Waals surface area contributed by atoms with Gasteiger partial charge in [0, 0.05) is 29.2 Å². The summed E-state index contributed by atoms with van der Waals surface area (Å²) >= 11 is 0. The second-order valence-corrected chi connectivity index (χ2v) is 7.36. The van der Waals surface area contributed by atoms with Crippen molar-refractivity contribution >= 4 is 34.4 Å². The Kier molecular flexibility index (Phi) is 4.80. The van der Waals surface area contributed by atoms with Gasteiger partial charge in [0.05, 0.1) is 0 Å². The Hall–Kier alpha value is -3.61. The number of carbonyl (C=O) groups is 3. The minimum Gasteiger partial charge on any atom is -0.361 e. The highest BCUT2D eigenvalue weighted by Crippen LogP contribution is 2.21. The van der Waals surface area contributed by atoms with Gasteiger partial charge in [0.25, 0.3) is 5.91 Å². The number of hydrogen-bond acceptors (Lipinski definition) is 3. The molecule has 0 bridgehead atoms. The van der Waals surface area contributed by atoms with E-state index >= 15 is 0 Å². The lowest BCUT2D eigenvalue weighted by Gasteiger charge is -2.14. The van der Waals surface area contributed by atoms with E-state index in [0.717, 1.165) is 32.5 Å². The molecule has 29 heavy (non-hydrogen) atoms. The highest BCUT2D eigenvalue weighted by molar-refractivity contribution is 6.08. The van der Waals surface area contributed by atoms with Crippen molar-refractivity contribution in [2.24, 2.45) is 0 Å². The largest absolute Gasteiger partial charge is 0.361 e. The minimum absolute atomic E-state index is 0.317. The smallest absolute Gasteiger partial charge is 0.325 e. The summed E-state index contributed by atoms with van der Waals surface area (Å²) in [5.41, 5.74) is 4.61. The third-order valence-electron chi connectivity index (χ3n) is 5.16. The Labute approximate surface area is 168 Å². The number of benzene rings is 2. The summed E-state index contributed by atoms with van der Waals surface area (Å²) in [5.74, 6) is -0.802. The number of imide groups is 1. The van der Waals surface area contributed by atoms with Gasteiger partial charge in [0.2, 0.25) is 5.91 Å². The molecular weight excluding hydrogens is 368 g/mol. The lowest BCUT2D eigenvalue weighted by Crippen LogP contribution is -2.38. The van der Waals surface area contributed by atoms with Crippen molar-refractivity contribution in [1.82, 2.24) is 15.2 Å². The topological polar surface area (TPSA) is 94.3 Å². The number of fused-ring (bicyclic) bond motifs is 1. The van der Waals surface area contributed by atoms with Crippen LogP contribution in [0.15, 0.2) is 48.7 Å². The van der Waals surface area contributed by atoms with E-state index in [-0.39, 0.29) is 6.54 Å². The second-order valence-electron chi connectivity index (χ2n) is 7.36. The van der Waals surface area contributed by atoms with Gasteiger partial charge in [-0.25, -0.2) is 4.79 Å². The van der Waals surface area contributed by atoms with Crippen LogP contribution in [0.3, 0.4) is 0 Å². The van der Waals surface area contributed by atoms with Crippen LogP contribution in [0.25, 0.3) is 10.9 Å². The average molecular weight is 390 g/mol. The molecule has 3 aromatic rings. The summed E-state index contributed by atoms with van der Waals surface area (Å²) in [5, 5.41) is 6.47. The molecule has 3 N–H and O–H groups in total. The quantitative estimate of drug-likeness (QED) is 0.585. The Morgan fingerprint density at radius 3 is 2.72 bits per heavy atom. The van der Waals surface area contributed by atoms with Crippen LogP contribution < -0.4 is 10.6 Å². The summed E-state index contributed by atoms with van der Waals surface area (Å²) in [4.78, 5) is 41.6. The molecular formula is C22H22N4O3. The van der Waals surface area contributed by atoms with Gasteiger partial charge >= 0.3 is 6.03 Å². The molecule has 7 heteroatoms. The number of rotatable bonds is 5. The van der Waals surface area contributed by atoms with Crippen molar-refractivity contribution in [3.63, 3.8) is 0 Å². The number of para-hydroxylation sites is 1. The van der Waals surface area contributed by atoms with E-state index in [1.807, 2.05) is 62.5 Å². The van der Waals surface area contributed by atoms with Crippen molar-refractivity contribution in [3.8, 4) is 0 Å². The van der Waals surface area contributed by atoms with Crippen LogP contribution in [-0.4, -0.2) is 40.3 Å². The van der Waals surface area contributed by atoms with Crippen LogP contribution in [0.5, 0.6) is 0 Å². The number of anilines is 1.